The molecule has 1 amide bonds. The second kappa shape index (κ2) is 7.40. The molecular weight excluding hydrogens is 326 g/mol. The Bertz CT molecular complexity index is 765. The van der Waals surface area contributed by atoms with E-state index in [4.69, 9.17) is 9.47 Å². The Labute approximate surface area is 155 Å². The van der Waals surface area contributed by atoms with E-state index in [1.807, 2.05) is 52.0 Å². The van der Waals surface area contributed by atoms with Crippen molar-refractivity contribution >= 4 is 6.09 Å². The first-order valence-electron chi connectivity index (χ1n) is 9.13. The van der Waals surface area contributed by atoms with E-state index in [0.29, 0.717) is 13.2 Å². The normalized spacial score (nSPS) is 16.8. The fraction of sp³-hybridized carbons (Fsp3) is 0.409. The smallest absolute Gasteiger partial charge is 0.410 e. The van der Waals surface area contributed by atoms with Crippen molar-refractivity contribution in [2.24, 2.45) is 0 Å². The number of carbonyl (C=O) groups is 1. The average Bonchev–Trinajstić information content (AvgIpc) is 2.59. The van der Waals surface area contributed by atoms with E-state index in [0.717, 1.165) is 23.3 Å². The van der Waals surface area contributed by atoms with Gasteiger partial charge in [-0.3, -0.25) is 0 Å². The van der Waals surface area contributed by atoms with Crippen molar-refractivity contribution in [2.45, 2.75) is 52.4 Å². The van der Waals surface area contributed by atoms with Crippen molar-refractivity contribution in [2.75, 3.05) is 6.54 Å². The Kier molecular flexibility index (Phi) is 5.21. The van der Waals surface area contributed by atoms with Gasteiger partial charge in [0.2, 0.25) is 0 Å². The van der Waals surface area contributed by atoms with Gasteiger partial charge in [0.25, 0.3) is 0 Å². The van der Waals surface area contributed by atoms with Gasteiger partial charge in [-0.2, -0.15) is 0 Å². The van der Waals surface area contributed by atoms with E-state index in [9.17, 15) is 4.79 Å². The van der Waals surface area contributed by atoms with Gasteiger partial charge in [0.15, 0.2) is 0 Å². The summed E-state index contributed by atoms with van der Waals surface area (Å²) < 4.78 is 11.5. The molecule has 1 aliphatic heterocycles. The summed E-state index contributed by atoms with van der Waals surface area (Å²) in [5.74, 6) is 0.866. The van der Waals surface area contributed by atoms with Crippen LogP contribution in [0.1, 0.15) is 50.4 Å². The molecule has 3 rings (SSSR count). The Hall–Kier alpha value is -2.49. The van der Waals surface area contributed by atoms with Crippen molar-refractivity contribution in [3.8, 4) is 5.75 Å². The first-order valence-corrected chi connectivity index (χ1v) is 9.13. The molecule has 0 aliphatic carbocycles. The number of hydrogen-bond donors (Lipinski definition) is 0. The first kappa shape index (κ1) is 18.3. The van der Waals surface area contributed by atoms with Gasteiger partial charge in [-0.1, -0.05) is 36.4 Å². The zero-order chi connectivity index (χ0) is 18.7. The minimum atomic E-state index is -0.480. The lowest BCUT2D eigenvalue weighted by Gasteiger charge is -2.36. The molecule has 1 atom stereocenters. The zero-order valence-electron chi connectivity index (χ0n) is 16.0. The summed E-state index contributed by atoms with van der Waals surface area (Å²) >= 11 is 0. The molecule has 0 N–H and O–H groups in total. The van der Waals surface area contributed by atoms with E-state index < -0.39 is 5.60 Å². The molecule has 26 heavy (non-hydrogen) atoms. The minimum absolute atomic E-state index is 0.00299. The summed E-state index contributed by atoms with van der Waals surface area (Å²) in [6, 6.07) is 16.3. The fourth-order valence-corrected chi connectivity index (χ4v) is 3.21. The van der Waals surface area contributed by atoms with Gasteiger partial charge in [0.1, 0.15) is 18.0 Å². The third kappa shape index (κ3) is 4.37. The first-order chi connectivity index (χ1) is 12.3. The molecule has 0 saturated heterocycles. The van der Waals surface area contributed by atoms with Crippen molar-refractivity contribution < 1.29 is 14.3 Å². The number of carbonyl (C=O) groups excluding carboxylic acids is 1. The van der Waals surface area contributed by atoms with E-state index in [2.05, 4.69) is 24.3 Å². The molecule has 0 saturated carbocycles. The Morgan fingerprint density at radius 2 is 1.88 bits per heavy atom. The van der Waals surface area contributed by atoms with Gasteiger partial charge < -0.3 is 14.4 Å². The Morgan fingerprint density at radius 1 is 1.15 bits per heavy atom. The maximum Gasteiger partial charge on any atom is 0.410 e. The van der Waals surface area contributed by atoms with Crippen LogP contribution in [-0.4, -0.2) is 23.1 Å². The van der Waals surface area contributed by atoms with Crippen LogP contribution < -0.4 is 4.74 Å². The SMILES string of the molecule is CC1c2ccc(OCc3ccccc3)cc2CCN1C(=O)OC(C)(C)C. The summed E-state index contributed by atoms with van der Waals surface area (Å²) in [7, 11) is 0. The quantitative estimate of drug-likeness (QED) is 0.769. The zero-order valence-corrected chi connectivity index (χ0v) is 16.0. The standard InChI is InChI=1S/C22H27NO3/c1-16-20-11-10-19(25-15-17-8-6-5-7-9-17)14-18(20)12-13-23(16)21(24)26-22(2,3)4/h5-11,14,16H,12-13,15H2,1-4H3. The van der Waals surface area contributed by atoms with Crippen LogP contribution in [-0.2, 0) is 17.8 Å². The molecule has 0 aromatic heterocycles. The van der Waals surface area contributed by atoms with Gasteiger partial charge in [0, 0.05) is 6.54 Å². The predicted octanol–water partition coefficient (Wildman–Crippen LogP) is 5.12. The average molecular weight is 353 g/mol. The van der Waals surface area contributed by atoms with Gasteiger partial charge in [0.05, 0.1) is 6.04 Å². The molecule has 1 heterocycles. The number of hydrogen-bond acceptors (Lipinski definition) is 3. The van der Waals surface area contributed by atoms with Crippen molar-refractivity contribution in [1.82, 2.24) is 4.90 Å². The van der Waals surface area contributed by atoms with Crippen LogP contribution in [0.15, 0.2) is 48.5 Å². The van der Waals surface area contributed by atoms with Crippen LogP contribution in [0.2, 0.25) is 0 Å². The summed E-state index contributed by atoms with van der Waals surface area (Å²) in [5, 5.41) is 0. The second-order valence-electron chi connectivity index (χ2n) is 7.73. The lowest BCUT2D eigenvalue weighted by molar-refractivity contribution is 0.0159. The largest absolute Gasteiger partial charge is 0.489 e. The number of rotatable bonds is 3. The molecule has 4 nitrogen and oxygen atoms in total. The van der Waals surface area contributed by atoms with E-state index in [1.54, 1.807) is 4.90 Å². The summed E-state index contributed by atoms with van der Waals surface area (Å²) in [6.07, 6.45) is 0.557. The van der Waals surface area contributed by atoms with Crippen molar-refractivity contribution in [1.29, 1.82) is 0 Å². The van der Waals surface area contributed by atoms with Crippen molar-refractivity contribution in [3.05, 3.63) is 65.2 Å². The van der Waals surface area contributed by atoms with Gasteiger partial charge in [-0.05, 0) is 62.9 Å². The fourth-order valence-electron chi connectivity index (χ4n) is 3.21. The number of ether oxygens (including phenoxy) is 2. The highest BCUT2D eigenvalue weighted by molar-refractivity contribution is 5.69. The summed E-state index contributed by atoms with van der Waals surface area (Å²) in [4.78, 5) is 14.2. The van der Waals surface area contributed by atoms with Gasteiger partial charge >= 0.3 is 6.09 Å². The molecular formula is C22H27NO3. The molecule has 1 aliphatic rings. The Morgan fingerprint density at radius 3 is 2.58 bits per heavy atom. The maximum absolute atomic E-state index is 12.4. The minimum Gasteiger partial charge on any atom is -0.489 e. The van der Waals surface area contributed by atoms with Crippen LogP contribution in [0.25, 0.3) is 0 Å². The van der Waals surface area contributed by atoms with Crippen LogP contribution in [0.5, 0.6) is 5.75 Å². The molecule has 0 spiro atoms. The predicted molar refractivity (Wildman–Crippen MR) is 102 cm³/mol. The number of benzene rings is 2. The molecule has 0 radical (unpaired) electrons. The van der Waals surface area contributed by atoms with E-state index in [1.165, 1.54) is 5.56 Å². The van der Waals surface area contributed by atoms with Gasteiger partial charge in [-0.15, -0.1) is 0 Å². The van der Waals surface area contributed by atoms with Crippen LogP contribution in [0, 0.1) is 0 Å². The molecule has 2 aromatic rings. The molecule has 0 fully saturated rings. The lowest BCUT2D eigenvalue weighted by Crippen LogP contribution is -2.42. The third-order valence-electron chi connectivity index (χ3n) is 4.53. The number of fused-ring (bicyclic) bond motifs is 1. The van der Waals surface area contributed by atoms with E-state index >= 15 is 0 Å². The highest BCUT2D eigenvalue weighted by Gasteiger charge is 2.31. The molecule has 0 bridgehead atoms. The number of amides is 1. The second-order valence-corrected chi connectivity index (χ2v) is 7.73. The highest BCUT2D eigenvalue weighted by Crippen LogP contribution is 2.33. The third-order valence-corrected chi connectivity index (χ3v) is 4.53. The van der Waals surface area contributed by atoms with Gasteiger partial charge in [-0.25, -0.2) is 4.79 Å². The van der Waals surface area contributed by atoms with Crippen LogP contribution in [0.4, 0.5) is 4.79 Å². The summed E-state index contributed by atoms with van der Waals surface area (Å²) in [6.45, 7) is 8.94. The van der Waals surface area contributed by atoms with E-state index in [-0.39, 0.29) is 12.1 Å². The monoisotopic (exact) mass is 353 g/mol. The van der Waals surface area contributed by atoms with Crippen LogP contribution >= 0.6 is 0 Å². The topological polar surface area (TPSA) is 38.8 Å². The molecule has 138 valence electrons. The lowest BCUT2D eigenvalue weighted by atomic mass is 9.93. The highest BCUT2D eigenvalue weighted by atomic mass is 16.6. The maximum atomic E-state index is 12.4. The molecule has 1 unspecified atom stereocenters. The molecule has 2 aromatic carbocycles. The number of nitrogens with zero attached hydrogens (tertiary/aromatic N) is 1. The van der Waals surface area contributed by atoms with Crippen LogP contribution in [0.3, 0.4) is 0 Å². The summed E-state index contributed by atoms with van der Waals surface area (Å²) in [5.41, 5.74) is 3.07. The Balaban J connectivity index is 1.69. The van der Waals surface area contributed by atoms with Crippen molar-refractivity contribution in [3.63, 3.8) is 0 Å². The molecule has 4 heteroatoms.